The number of amides is 1. The Morgan fingerprint density at radius 1 is 1.14 bits per heavy atom. The third-order valence-electron chi connectivity index (χ3n) is 5.13. The molecule has 7 heteroatoms. The van der Waals surface area contributed by atoms with Crippen LogP contribution in [0.5, 0.6) is 0 Å². The molecular formula is C15H22N2O3S2. The molecule has 0 atom stereocenters. The maximum atomic E-state index is 12.4. The topological polar surface area (TPSA) is 57.7 Å². The van der Waals surface area contributed by atoms with Crippen molar-refractivity contribution >= 4 is 27.3 Å². The van der Waals surface area contributed by atoms with Crippen molar-refractivity contribution in [2.75, 3.05) is 32.4 Å². The van der Waals surface area contributed by atoms with E-state index in [1.807, 2.05) is 21.7 Å². The molecule has 2 saturated heterocycles. The van der Waals surface area contributed by atoms with Gasteiger partial charge in [0.1, 0.15) is 0 Å². The molecule has 3 rings (SSSR count). The van der Waals surface area contributed by atoms with E-state index in [2.05, 4.69) is 0 Å². The summed E-state index contributed by atoms with van der Waals surface area (Å²) < 4.78 is 24.8. The van der Waals surface area contributed by atoms with E-state index in [-0.39, 0.29) is 11.3 Å². The number of carbonyl (C=O) groups is 1. The van der Waals surface area contributed by atoms with Crippen molar-refractivity contribution in [3.63, 3.8) is 0 Å². The molecule has 0 saturated carbocycles. The second-order valence-electron chi connectivity index (χ2n) is 6.47. The first-order valence-corrected chi connectivity index (χ1v) is 10.5. The lowest BCUT2D eigenvalue weighted by molar-refractivity contribution is 0.0425. The van der Waals surface area contributed by atoms with Crippen molar-refractivity contribution in [1.29, 1.82) is 0 Å². The maximum Gasteiger partial charge on any atom is 0.254 e. The van der Waals surface area contributed by atoms with Gasteiger partial charge >= 0.3 is 0 Å². The van der Waals surface area contributed by atoms with Crippen molar-refractivity contribution in [3.05, 3.63) is 22.4 Å². The molecule has 122 valence electrons. The lowest BCUT2D eigenvalue weighted by atomic mass is 9.71. The highest BCUT2D eigenvalue weighted by atomic mass is 32.2. The van der Waals surface area contributed by atoms with E-state index < -0.39 is 10.0 Å². The Hall–Kier alpha value is -0.920. The minimum atomic E-state index is -3.07. The number of thiophene rings is 1. The van der Waals surface area contributed by atoms with Crippen molar-refractivity contribution in [1.82, 2.24) is 9.21 Å². The predicted octanol–water partition coefficient (Wildman–Crippen LogP) is 2.03. The van der Waals surface area contributed by atoms with Crippen LogP contribution in [-0.2, 0) is 10.0 Å². The summed E-state index contributed by atoms with van der Waals surface area (Å²) in [5.41, 5.74) is 1.01. The fourth-order valence-electron chi connectivity index (χ4n) is 3.55. The first kappa shape index (κ1) is 16.0. The predicted molar refractivity (Wildman–Crippen MR) is 87.5 cm³/mol. The van der Waals surface area contributed by atoms with Gasteiger partial charge in [-0.1, -0.05) is 0 Å². The summed E-state index contributed by atoms with van der Waals surface area (Å²) in [5, 5.41) is 3.83. The molecular weight excluding hydrogens is 320 g/mol. The van der Waals surface area contributed by atoms with Gasteiger partial charge in [-0.2, -0.15) is 11.3 Å². The van der Waals surface area contributed by atoms with Crippen LogP contribution in [0.3, 0.4) is 0 Å². The molecule has 0 bridgehead atoms. The van der Waals surface area contributed by atoms with E-state index in [4.69, 9.17) is 0 Å². The van der Waals surface area contributed by atoms with Crippen molar-refractivity contribution in [2.24, 2.45) is 5.41 Å². The summed E-state index contributed by atoms with van der Waals surface area (Å²) in [6, 6.07) is 1.88. The van der Waals surface area contributed by atoms with Crippen LogP contribution in [0.15, 0.2) is 16.8 Å². The van der Waals surface area contributed by atoms with E-state index in [0.717, 1.165) is 44.3 Å². The first-order valence-electron chi connectivity index (χ1n) is 7.66. The normalized spacial score (nSPS) is 22.9. The second-order valence-corrected chi connectivity index (χ2v) is 9.23. The van der Waals surface area contributed by atoms with Crippen LogP contribution in [0.2, 0.25) is 0 Å². The van der Waals surface area contributed by atoms with E-state index in [1.165, 1.54) is 6.26 Å². The number of sulfonamides is 1. The highest BCUT2D eigenvalue weighted by Gasteiger charge is 2.40. The molecule has 0 aromatic carbocycles. The lowest BCUT2D eigenvalue weighted by Gasteiger charge is -2.46. The number of carbonyl (C=O) groups excluding carboxylic acids is 1. The summed E-state index contributed by atoms with van der Waals surface area (Å²) in [5.74, 6) is 0.129. The van der Waals surface area contributed by atoms with Gasteiger partial charge in [-0.05, 0) is 42.5 Å². The minimum Gasteiger partial charge on any atom is -0.339 e. The molecule has 2 aliphatic heterocycles. The Labute approximate surface area is 136 Å². The van der Waals surface area contributed by atoms with Gasteiger partial charge in [-0.15, -0.1) is 0 Å². The summed E-state index contributed by atoms with van der Waals surface area (Å²) in [4.78, 5) is 14.3. The van der Waals surface area contributed by atoms with Crippen LogP contribution in [0, 0.1) is 5.41 Å². The molecule has 5 nitrogen and oxygen atoms in total. The van der Waals surface area contributed by atoms with Crippen LogP contribution >= 0.6 is 11.3 Å². The minimum absolute atomic E-state index is 0.129. The fraction of sp³-hybridized carbons (Fsp3) is 0.667. The highest BCUT2D eigenvalue weighted by Crippen LogP contribution is 2.41. The molecule has 0 radical (unpaired) electrons. The third-order valence-corrected chi connectivity index (χ3v) is 7.12. The van der Waals surface area contributed by atoms with Gasteiger partial charge in [0.25, 0.3) is 5.91 Å². The fourth-order valence-corrected chi connectivity index (χ4v) is 5.02. The molecule has 1 amide bonds. The number of hydrogen-bond donors (Lipinski definition) is 0. The molecule has 2 aliphatic rings. The molecule has 0 aliphatic carbocycles. The Balaban J connectivity index is 1.57. The lowest BCUT2D eigenvalue weighted by Crippen LogP contribution is -2.49. The zero-order valence-electron chi connectivity index (χ0n) is 12.8. The standard InChI is InChI=1S/C15H22N2O3S2/c1-22(19,20)17-9-5-15(6-10-17)3-7-16(8-4-15)14(18)13-2-11-21-12-13/h2,11-12H,3-10H2,1H3. The number of rotatable bonds is 2. The molecule has 1 aromatic rings. The number of nitrogens with zero attached hydrogens (tertiary/aromatic N) is 2. The van der Waals surface area contributed by atoms with Gasteiger partial charge in [0.05, 0.1) is 11.8 Å². The van der Waals surface area contributed by atoms with Gasteiger partial charge in [0.2, 0.25) is 10.0 Å². The number of piperidine rings is 2. The summed E-state index contributed by atoms with van der Waals surface area (Å²) >= 11 is 1.55. The Kier molecular flexibility index (Phi) is 4.31. The molecule has 2 fully saturated rings. The molecule has 22 heavy (non-hydrogen) atoms. The first-order chi connectivity index (χ1) is 10.4. The van der Waals surface area contributed by atoms with E-state index >= 15 is 0 Å². The summed E-state index contributed by atoms with van der Waals surface area (Å²) in [7, 11) is -3.07. The molecule has 0 N–H and O–H groups in total. The highest BCUT2D eigenvalue weighted by molar-refractivity contribution is 7.88. The molecule has 1 aromatic heterocycles. The van der Waals surface area contributed by atoms with Crippen molar-refractivity contribution < 1.29 is 13.2 Å². The Bertz CT molecular complexity index is 622. The summed E-state index contributed by atoms with van der Waals surface area (Å²) in [6.07, 6.45) is 5.09. The second kappa shape index (κ2) is 5.94. The smallest absolute Gasteiger partial charge is 0.254 e. The van der Waals surface area contributed by atoms with E-state index in [0.29, 0.717) is 13.1 Å². The zero-order valence-corrected chi connectivity index (χ0v) is 14.5. The average molecular weight is 342 g/mol. The average Bonchev–Trinajstić information content (AvgIpc) is 3.01. The van der Waals surface area contributed by atoms with Gasteiger partial charge in [0.15, 0.2) is 0 Å². The van der Waals surface area contributed by atoms with Crippen LogP contribution in [0.25, 0.3) is 0 Å². The largest absolute Gasteiger partial charge is 0.339 e. The van der Waals surface area contributed by atoms with Crippen molar-refractivity contribution in [2.45, 2.75) is 25.7 Å². The van der Waals surface area contributed by atoms with Crippen LogP contribution in [0.1, 0.15) is 36.0 Å². The SMILES string of the molecule is CS(=O)(=O)N1CCC2(CCN(C(=O)c3ccsc3)CC2)CC1. The van der Waals surface area contributed by atoms with Crippen LogP contribution in [0.4, 0.5) is 0 Å². The monoisotopic (exact) mass is 342 g/mol. The van der Waals surface area contributed by atoms with E-state index in [9.17, 15) is 13.2 Å². The third kappa shape index (κ3) is 3.21. The van der Waals surface area contributed by atoms with Gasteiger partial charge in [0, 0.05) is 31.6 Å². The van der Waals surface area contributed by atoms with Crippen LogP contribution < -0.4 is 0 Å². The number of hydrogen-bond acceptors (Lipinski definition) is 4. The van der Waals surface area contributed by atoms with Crippen LogP contribution in [-0.4, -0.2) is 56.0 Å². The Morgan fingerprint density at radius 3 is 2.23 bits per heavy atom. The zero-order chi connectivity index (χ0) is 15.8. The number of likely N-dealkylation sites (tertiary alicyclic amines) is 1. The van der Waals surface area contributed by atoms with E-state index in [1.54, 1.807) is 15.6 Å². The maximum absolute atomic E-state index is 12.4. The molecule has 1 spiro atoms. The summed E-state index contributed by atoms with van der Waals surface area (Å²) in [6.45, 7) is 2.82. The Morgan fingerprint density at radius 2 is 1.73 bits per heavy atom. The molecule has 3 heterocycles. The quantitative estimate of drug-likeness (QED) is 0.826. The van der Waals surface area contributed by atoms with Gasteiger partial charge in [-0.3, -0.25) is 4.79 Å². The van der Waals surface area contributed by atoms with Crippen molar-refractivity contribution in [3.8, 4) is 0 Å². The molecule has 0 unspecified atom stereocenters. The van der Waals surface area contributed by atoms with Gasteiger partial charge in [-0.25, -0.2) is 12.7 Å². The van der Waals surface area contributed by atoms with Gasteiger partial charge < -0.3 is 4.90 Å².